The highest BCUT2D eigenvalue weighted by Crippen LogP contribution is 2.25. The van der Waals surface area contributed by atoms with Crippen LogP contribution in [0.4, 0.5) is 0 Å². The van der Waals surface area contributed by atoms with Crippen molar-refractivity contribution in [1.82, 2.24) is 5.32 Å². The summed E-state index contributed by atoms with van der Waals surface area (Å²) in [5.41, 5.74) is 0. The Bertz CT molecular complexity index is 174. The average Bonchev–Trinajstić information content (AvgIpc) is 2.20. The van der Waals surface area contributed by atoms with E-state index in [-0.39, 0.29) is 0 Å². The smallest absolute Gasteiger partial charge is 0.0238 e. The minimum atomic E-state index is 0.489. The van der Waals surface area contributed by atoms with Gasteiger partial charge in [-0.2, -0.15) is 0 Å². The van der Waals surface area contributed by atoms with Gasteiger partial charge >= 0.3 is 0 Å². The van der Waals surface area contributed by atoms with E-state index in [2.05, 4.69) is 18.2 Å². The topological polar surface area (TPSA) is 12.0 Å². The van der Waals surface area contributed by atoms with Crippen LogP contribution in [0.15, 0.2) is 0 Å². The van der Waals surface area contributed by atoms with E-state index in [1.165, 1.54) is 38.5 Å². The van der Waals surface area contributed by atoms with Gasteiger partial charge in [-0.25, -0.2) is 0 Å². The lowest BCUT2D eigenvalue weighted by Crippen LogP contribution is -2.28. The minimum Gasteiger partial charge on any atom is -0.313 e. The van der Waals surface area contributed by atoms with E-state index in [4.69, 9.17) is 6.42 Å². The number of rotatable bonds is 5. The van der Waals surface area contributed by atoms with Crippen LogP contribution < -0.4 is 5.32 Å². The van der Waals surface area contributed by atoms with Crippen molar-refractivity contribution >= 4 is 0 Å². The first-order chi connectivity index (χ1) is 6.83. The highest BCUT2D eigenvalue weighted by atomic mass is 14.9. The first-order valence-electron chi connectivity index (χ1n) is 5.99. The Labute approximate surface area is 88.7 Å². The van der Waals surface area contributed by atoms with Crippen molar-refractivity contribution < 1.29 is 0 Å². The molecular formula is C13H23N. The molecule has 0 spiro atoms. The Morgan fingerprint density at radius 3 is 2.71 bits per heavy atom. The summed E-state index contributed by atoms with van der Waals surface area (Å²) in [6, 6.07) is 0.489. The summed E-state index contributed by atoms with van der Waals surface area (Å²) in [6.07, 6.45) is 14.7. The van der Waals surface area contributed by atoms with Crippen LogP contribution in [0.2, 0.25) is 0 Å². The molecule has 0 aromatic heterocycles. The number of hydrogen-bond acceptors (Lipinski definition) is 1. The molecule has 0 bridgehead atoms. The molecule has 0 heterocycles. The van der Waals surface area contributed by atoms with Crippen LogP contribution in [0, 0.1) is 18.3 Å². The van der Waals surface area contributed by atoms with E-state index in [1.54, 1.807) is 0 Å². The lowest BCUT2D eigenvalue weighted by atomic mass is 9.87. The van der Waals surface area contributed by atoms with Gasteiger partial charge in [0.1, 0.15) is 0 Å². The fourth-order valence-electron chi connectivity index (χ4n) is 2.26. The summed E-state index contributed by atoms with van der Waals surface area (Å²) in [4.78, 5) is 0. The van der Waals surface area contributed by atoms with Crippen LogP contribution >= 0.6 is 0 Å². The van der Waals surface area contributed by atoms with Crippen LogP contribution in [-0.4, -0.2) is 12.6 Å². The maximum Gasteiger partial charge on any atom is 0.0238 e. The van der Waals surface area contributed by atoms with Gasteiger partial charge in [-0.05, 0) is 25.8 Å². The largest absolute Gasteiger partial charge is 0.313 e. The molecule has 1 rings (SSSR count). The van der Waals surface area contributed by atoms with Gasteiger partial charge in [0.25, 0.3) is 0 Å². The normalized spacial score (nSPS) is 20.3. The Hall–Kier alpha value is -0.480. The third kappa shape index (κ3) is 4.67. The van der Waals surface area contributed by atoms with Crippen LogP contribution in [0.1, 0.15) is 51.9 Å². The van der Waals surface area contributed by atoms with Crippen molar-refractivity contribution in [2.75, 3.05) is 6.54 Å². The Balaban J connectivity index is 2.00. The molecule has 80 valence electrons. The summed E-state index contributed by atoms with van der Waals surface area (Å²) in [7, 11) is 0. The number of terminal acetylenes is 1. The molecule has 1 atom stereocenters. The second-order valence-electron chi connectivity index (χ2n) is 4.56. The van der Waals surface area contributed by atoms with E-state index in [9.17, 15) is 0 Å². The fourth-order valence-corrected chi connectivity index (χ4v) is 2.26. The molecule has 0 aromatic carbocycles. The molecule has 14 heavy (non-hydrogen) atoms. The first kappa shape index (κ1) is 11.6. The van der Waals surface area contributed by atoms with Gasteiger partial charge in [-0.1, -0.05) is 32.1 Å². The molecule has 0 radical (unpaired) electrons. The van der Waals surface area contributed by atoms with E-state index < -0.39 is 0 Å². The van der Waals surface area contributed by atoms with Crippen LogP contribution in [0.25, 0.3) is 0 Å². The predicted molar refractivity (Wildman–Crippen MR) is 62.1 cm³/mol. The van der Waals surface area contributed by atoms with Gasteiger partial charge in [0.05, 0.1) is 0 Å². The Kier molecular flexibility index (Phi) is 5.71. The molecule has 0 saturated heterocycles. The van der Waals surface area contributed by atoms with Gasteiger partial charge in [0.2, 0.25) is 0 Å². The summed E-state index contributed by atoms with van der Waals surface area (Å²) in [5, 5.41) is 3.49. The highest BCUT2D eigenvalue weighted by Gasteiger charge is 2.12. The molecule has 1 unspecified atom stereocenters. The maximum atomic E-state index is 5.25. The van der Waals surface area contributed by atoms with Crippen LogP contribution in [-0.2, 0) is 0 Å². The van der Waals surface area contributed by atoms with E-state index in [0.717, 1.165) is 18.9 Å². The molecule has 1 N–H and O–H groups in total. The lowest BCUT2D eigenvalue weighted by molar-refractivity contribution is 0.329. The molecule has 1 saturated carbocycles. The van der Waals surface area contributed by atoms with Crippen molar-refractivity contribution in [3.8, 4) is 12.3 Å². The zero-order valence-corrected chi connectivity index (χ0v) is 9.39. The van der Waals surface area contributed by atoms with Gasteiger partial charge in [-0.3, -0.25) is 0 Å². The highest BCUT2D eigenvalue weighted by molar-refractivity contribution is 4.88. The first-order valence-corrected chi connectivity index (χ1v) is 5.99. The maximum absolute atomic E-state index is 5.25. The molecule has 1 aliphatic carbocycles. The van der Waals surface area contributed by atoms with Crippen LogP contribution in [0.3, 0.4) is 0 Å². The monoisotopic (exact) mass is 193 g/mol. The zero-order valence-electron chi connectivity index (χ0n) is 9.39. The molecule has 0 aromatic rings. The Morgan fingerprint density at radius 1 is 1.36 bits per heavy atom. The molecular weight excluding hydrogens is 170 g/mol. The van der Waals surface area contributed by atoms with E-state index in [1.807, 2.05) is 0 Å². The second-order valence-corrected chi connectivity index (χ2v) is 4.56. The van der Waals surface area contributed by atoms with Crippen molar-refractivity contribution in [1.29, 1.82) is 0 Å². The zero-order chi connectivity index (χ0) is 10.2. The van der Waals surface area contributed by atoms with Gasteiger partial charge in [-0.15, -0.1) is 12.3 Å². The van der Waals surface area contributed by atoms with Gasteiger partial charge in [0, 0.05) is 12.5 Å². The third-order valence-electron chi connectivity index (χ3n) is 3.19. The average molecular weight is 193 g/mol. The van der Waals surface area contributed by atoms with Crippen molar-refractivity contribution in [3.05, 3.63) is 0 Å². The molecule has 0 aliphatic heterocycles. The fraction of sp³-hybridized carbons (Fsp3) is 0.846. The third-order valence-corrected chi connectivity index (χ3v) is 3.19. The summed E-state index contributed by atoms with van der Waals surface area (Å²) < 4.78 is 0. The molecule has 1 heteroatoms. The minimum absolute atomic E-state index is 0.489. The summed E-state index contributed by atoms with van der Waals surface area (Å²) in [6.45, 7) is 3.31. The van der Waals surface area contributed by atoms with Gasteiger partial charge < -0.3 is 5.32 Å². The molecule has 1 fully saturated rings. The SMILES string of the molecule is C#CCC(C)NCCC1CCCCC1. The second kappa shape index (κ2) is 6.90. The van der Waals surface area contributed by atoms with Crippen molar-refractivity contribution in [2.45, 2.75) is 57.9 Å². The summed E-state index contributed by atoms with van der Waals surface area (Å²) in [5.74, 6) is 3.67. The quantitative estimate of drug-likeness (QED) is 0.662. The lowest BCUT2D eigenvalue weighted by Gasteiger charge is -2.22. The van der Waals surface area contributed by atoms with Crippen molar-refractivity contribution in [3.63, 3.8) is 0 Å². The number of hydrogen-bond donors (Lipinski definition) is 1. The summed E-state index contributed by atoms with van der Waals surface area (Å²) >= 11 is 0. The van der Waals surface area contributed by atoms with E-state index in [0.29, 0.717) is 6.04 Å². The van der Waals surface area contributed by atoms with Crippen LogP contribution in [0.5, 0.6) is 0 Å². The molecule has 1 aliphatic rings. The van der Waals surface area contributed by atoms with E-state index >= 15 is 0 Å². The molecule has 0 amide bonds. The standard InChI is InChI=1S/C13H23N/c1-3-7-12(2)14-11-10-13-8-5-4-6-9-13/h1,12-14H,4-11H2,2H3. The predicted octanol–water partition coefficient (Wildman–Crippen LogP) is 2.96. The number of nitrogens with one attached hydrogen (secondary N) is 1. The van der Waals surface area contributed by atoms with Crippen molar-refractivity contribution in [2.24, 2.45) is 5.92 Å². The molecule has 1 nitrogen and oxygen atoms in total. The Morgan fingerprint density at radius 2 is 2.07 bits per heavy atom. The van der Waals surface area contributed by atoms with Gasteiger partial charge in [0.15, 0.2) is 0 Å².